The molecular weight excluding hydrogens is 456 g/mol. The first kappa shape index (κ1) is 22.0. The van der Waals surface area contributed by atoms with Crippen LogP contribution in [0.15, 0.2) is 71.8 Å². The van der Waals surface area contributed by atoms with Crippen molar-refractivity contribution in [1.82, 2.24) is 9.88 Å². The third-order valence-electron chi connectivity index (χ3n) is 5.73. The normalized spacial score (nSPS) is 15.6. The molecule has 176 valence electrons. The van der Waals surface area contributed by atoms with Crippen molar-refractivity contribution in [2.45, 2.75) is 4.90 Å². The van der Waals surface area contributed by atoms with E-state index in [1.54, 1.807) is 41.4 Å². The van der Waals surface area contributed by atoms with Crippen LogP contribution in [0.2, 0.25) is 0 Å². The van der Waals surface area contributed by atoms with Gasteiger partial charge in [0.05, 0.1) is 4.90 Å². The Morgan fingerprint density at radius 3 is 2.44 bits per heavy atom. The average Bonchev–Trinajstić information content (AvgIpc) is 2.88. The van der Waals surface area contributed by atoms with Gasteiger partial charge in [0, 0.05) is 49.7 Å². The van der Waals surface area contributed by atoms with Gasteiger partial charge in [-0.2, -0.15) is 0 Å². The van der Waals surface area contributed by atoms with E-state index in [1.165, 1.54) is 12.1 Å². The summed E-state index contributed by atoms with van der Waals surface area (Å²) < 4.78 is 39.4. The number of fused-ring (bicyclic) bond motifs is 1. The Morgan fingerprint density at radius 2 is 1.68 bits per heavy atom. The fraction of sp³-hybridized carbons (Fsp3) is 0.250. The van der Waals surface area contributed by atoms with Crippen molar-refractivity contribution in [2.75, 3.05) is 49.0 Å². The van der Waals surface area contributed by atoms with Crippen LogP contribution in [0.25, 0.3) is 0 Å². The standard InChI is InChI=1S/C24H24N4O5S/c29-24(28-12-10-27(11-13-28)23-6-1-2-9-25-23)18-4-3-5-19(16-18)26-34(30,31)20-7-8-21-22(17-20)33-15-14-32-21/h1-9,16-17,26H,10-15H2. The molecule has 3 heterocycles. The van der Waals surface area contributed by atoms with Crippen molar-refractivity contribution in [3.05, 3.63) is 72.4 Å². The smallest absolute Gasteiger partial charge is 0.262 e. The number of amides is 1. The molecule has 3 aromatic rings. The van der Waals surface area contributed by atoms with Gasteiger partial charge in [0.1, 0.15) is 19.0 Å². The second kappa shape index (κ2) is 9.22. The molecule has 1 saturated heterocycles. The Labute approximate surface area is 198 Å². The zero-order valence-corrected chi connectivity index (χ0v) is 19.2. The zero-order valence-electron chi connectivity index (χ0n) is 18.4. The number of nitrogens with one attached hydrogen (secondary N) is 1. The van der Waals surface area contributed by atoms with E-state index in [4.69, 9.17) is 9.47 Å². The average molecular weight is 481 g/mol. The third kappa shape index (κ3) is 4.62. The lowest BCUT2D eigenvalue weighted by Gasteiger charge is -2.35. The molecule has 0 saturated carbocycles. The highest BCUT2D eigenvalue weighted by atomic mass is 32.2. The monoisotopic (exact) mass is 480 g/mol. The van der Waals surface area contributed by atoms with E-state index in [0.29, 0.717) is 62.1 Å². The Balaban J connectivity index is 1.27. The summed E-state index contributed by atoms with van der Waals surface area (Å²) in [6.45, 7) is 3.27. The van der Waals surface area contributed by atoms with Gasteiger partial charge in [-0.15, -0.1) is 0 Å². The summed E-state index contributed by atoms with van der Waals surface area (Å²) in [7, 11) is -3.88. The molecule has 0 radical (unpaired) electrons. The van der Waals surface area contributed by atoms with Gasteiger partial charge in [0.25, 0.3) is 15.9 Å². The maximum absolute atomic E-state index is 13.1. The van der Waals surface area contributed by atoms with Crippen molar-refractivity contribution in [1.29, 1.82) is 0 Å². The summed E-state index contributed by atoms with van der Waals surface area (Å²) in [5.74, 6) is 1.66. The summed E-state index contributed by atoms with van der Waals surface area (Å²) in [6, 6.07) is 16.8. The van der Waals surface area contributed by atoms with Crippen molar-refractivity contribution >= 4 is 27.4 Å². The number of sulfonamides is 1. The van der Waals surface area contributed by atoms with Gasteiger partial charge in [-0.3, -0.25) is 9.52 Å². The number of ether oxygens (including phenoxy) is 2. The number of rotatable bonds is 5. The molecule has 10 heteroatoms. The lowest BCUT2D eigenvalue weighted by molar-refractivity contribution is 0.0746. The van der Waals surface area contributed by atoms with Crippen LogP contribution in [-0.2, 0) is 10.0 Å². The number of carbonyl (C=O) groups excluding carboxylic acids is 1. The molecule has 0 unspecified atom stereocenters. The van der Waals surface area contributed by atoms with Gasteiger partial charge in [-0.1, -0.05) is 12.1 Å². The number of aromatic nitrogens is 1. The molecule has 1 fully saturated rings. The summed E-state index contributed by atoms with van der Waals surface area (Å²) >= 11 is 0. The number of pyridine rings is 1. The van der Waals surface area contributed by atoms with E-state index in [0.717, 1.165) is 5.82 Å². The minimum absolute atomic E-state index is 0.0547. The Hall–Kier alpha value is -3.79. The summed E-state index contributed by atoms with van der Waals surface area (Å²) in [4.78, 5) is 21.4. The van der Waals surface area contributed by atoms with Gasteiger partial charge in [0.15, 0.2) is 11.5 Å². The molecule has 34 heavy (non-hydrogen) atoms. The van der Waals surface area contributed by atoms with Gasteiger partial charge in [-0.25, -0.2) is 13.4 Å². The molecule has 2 aromatic carbocycles. The minimum Gasteiger partial charge on any atom is -0.486 e. The number of benzene rings is 2. The maximum atomic E-state index is 13.1. The minimum atomic E-state index is -3.88. The highest BCUT2D eigenvalue weighted by Gasteiger charge is 2.24. The van der Waals surface area contributed by atoms with Gasteiger partial charge in [0.2, 0.25) is 0 Å². The quantitative estimate of drug-likeness (QED) is 0.599. The highest BCUT2D eigenvalue weighted by Crippen LogP contribution is 2.32. The number of hydrogen-bond acceptors (Lipinski definition) is 7. The molecule has 0 spiro atoms. The molecule has 2 aliphatic heterocycles. The number of anilines is 2. The van der Waals surface area contributed by atoms with E-state index in [9.17, 15) is 13.2 Å². The van der Waals surface area contributed by atoms with Crippen LogP contribution in [0.4, 0.5) is 11.5 Å². The highest BCUT2D eigenvalue weighted by molar-refractivity contribution is 7.92. The van der Waals surface area contributed by atoms with Crippen LogP contribution in [-0.4, -0.2) is 63.6 Å². The molecule has 0 aliphatic carbocycles. The largest absolute Gasteiger partial charge is 0.486 e. The number of piperazine rings is 1. The summed E-state index contributed by atoms with van der Waals surface area (Å²) in [5.41, 5.74) is 0.738. The van der Waals surface area contributed by atoms with Gasteiger partial charge < -0.3 is 19.3 Å². The van der Waals surface area contributed by atoms with Crippen molar-refractivity contribution in [3.8, 4) is 11.5 Å². The predicted molar refractivity (Wildman–Crippen MR) is 127 cm³/mol. The van der Waals surface area contributed by atoms with Crippen LogP contribution >= 0.6 is 0 Å². The van der Waals surface area contributed by atoms with E-state index in [1.807, 2.05) is 18.2 Å². The molecule has 2 aliphatic rings. The number of nitrogens with zero attached hydrogens (tertiary/aromatic N) is 3. The van der Waals surface area contributed by atoms with Crippen LogP contribution < -0.4 is 19.1 Å². The molecule has 5 rings (SSSR count). The molecule has 9 nitrogen and oxygen atoms in total. The lowest BCUT2D eigenvalue weighted by Crippen LogP contribution is -2.49. The van der Waals surface area contributed by atoms with Crippen LogP contribution in [0.5, 0.6) is 11.5 Å². The topological polar surface area (TPSA) is 101 Å². The molecule has 0 bridgehead atoms. The summed E-state index contributed by atoms with van der Waals surface area (Å²) in [6.07, 6.45) is 1.75. The molecule has 1 amide bonds. The van der Waals surface area contributed by atoms with Crippen LogP contribution in [0.1, 0.15) is 10.4 Å². The first-order chi connectivity index (χ1) is 16.5. The zero-order chi connectivity index (χ0) is 23.5. The van der Waals surface area contributed by atoms with Crippen molar-refractivity contribution in [3.63, 3.8) is 0 Å². The van der Waals surface area contributed by atoms with Crippen LogP contribution in [0, 0.1) is 0 Å². The van der Waals surface area contributed by atoms with E-state index < -0.39 is 10.0 Å². The van der Waals surface area contributed by atoms with Crippen molar-refractivity contribution in [2.24, 2.45) is 0 Å². The van der Waals surface area contributed by atoms with Gasteiger partial charge in [-0.05, 0) is 42.5 Å². The fourth-order valence-corrected chi connectivity index (χ4v) is 5.05. The Morgan fingerprint density at radius 1 is 0.882 bits per heavy atom. The SMILES string of the molecule is O=C(c1cccc(NS(=O)(=O)c2ccc3c(c2)OCCO3)c1)N1CCN(c2ccccn2)CC1. The predicted octanol–water partition coefficient (Wildman–Crippen LogP) is 2.62. The number of hydrogen-bond donors (Lipinski definition) is 1. The third-order valence-corrected chi connectivity index (χ3v) is 7.10. The Bertz CT molecular complexity index is 1290. The Kier molecular flexibility index (Phi) is 5.97. The first-order valence-corrected chi connectivity index (χ1v) is 12.5. The van der Waals surface area contributed by atoms with Crippen LogP contribution in [0.3, 0.4) is 0 Å². The second-order valence-electron chi connectivity index (χ2n) is 7.96. The molecule has 0 atom stereocenters. The van der Waals surface area contributed by atoms with E-state index in [-0.39, 0.29) is 10.8 Å². The molecule has 1 aromatic heterocycles. The second-order valence-corrected chi connectivity index (χ2v) is 9.64. The maximum Gasteiger partial charge on any atom is 0.262 e. The summed E-state index contributed by atoms with van der Waals surface area (Å²) in [5, 5.41) is 0. The fourth-order valence-electron chi connectivity index (χ4n) is 3.98. The van der Waals surface area contributed by atoms with E-state index >= 15 is 0 Å². The molecule has 1 N–H and O–H groups in total. The van der Waals surface area contributed by atoms with E-state index in [2.05, 4.69) is 14.6 Å². The number of carbonyl (C=O) groups is 1. The lowest BCUT2D eigenvalue weighted by atomic mass is 10.1. The van der Waals surface area contributed by atoms with Crippen molar-refractivity contribution < 1.29 is 22.7 Å². The van der Waals surface area contributed by atoms with Gasteiger partial charge >= 0.3 is 0 Å². The molecular formula is C24H24N4O5S. The first-order valence-electron chi connectivity index (χ1n) is 11.0.